The molecule has 92 valence electrons. The van der Waals surface area contributed by atoms with Gasteiger partial charge in [0.1, 0.15) is 6.61 Å². The SMILES string of the molecule is CCC(CC)=NOCc1ccccc1[N+](=O)[O-]. The van der Waals surface area contributed by atoms with Gasteiger partial charge in [0, 0.05) is 6.07 Å². The zero-order chi connectivity index (χ0) is 12.7. The quantitative estimate of drug-likeness (QED) is 0.432. The lowest BCUT2D eigenvalue weighted by Crippen LogP contribution is -1.98. The summed E-state index contributed by atoms with van der Waals surface area (Å²) in [5.41, 5.74) is 1.55. The third kappa shape index (κ3) is 3.86. The molecule has 0 fully saturated rings. The molecular formula is C12H16N2O3. The summed E-state index contributed by atoms with van der Waals surface area (Å²) in [4.78, 5) is 15.5. The van der Waals surface area contributed by atoms with Crippen molar-refractivity contribution in [2.45, 2.75) is 33.3 Å². The highest BCUT2D eigenvalue weighted by Crippen LogP contribution is 2.18. The average Bonchev–Trinajstić information content (AvgIpc) is 2.35. The van der Waals surface area contributed by atoms with Gasteiger partial charge < -0.3 is 4.84 Å². The first kappa shape index (κ1) is 13.2. The van der Waals surface area contributed by atoms with Crippen molar-refractivity contribution in [3.05, 3.63) is 39.9 Å². The van der Waals surface area contributed by atoms with Gasteiger partial charge in [0.15, 0.2) is 0 Å². The van der Waals surface area contributed by atoms with Crippen LogP contribution in [0.3, 0.4) is 0 Å². The third-order valence-corrected chi connectivity index (χ3v) is 2.42. The normalized spacial score (nSPS) is 9.76. The zero-order valence-corrected chi connectivity index (χ0v) is 10.0. The standard InChI is InChI=1S/C12H16N2O3/c1-3-11(4-2)13-17-9-10-7-5-6-8-12(10)14(15)16/h5-8H,3-4,9H2,1-2H3. The van der Waals surface area contributed by atoms with Gasteiger partial charge in [-0.05, 0) is 18.9 Å². The summed E-state index contributed by atoms with van der Waals surface area (Å²) in [6, 6.07) is 6.51. The lowest BCUT2D eigenvalue weighted by molar-refractivity contribution is -0.386. The topological polar surface area (TPSA) is 64.7 Å². The van der Waals surface area contributed by atoms with E-state index in [9.17, 15) is 10.1 Å². The molecule has 0 aliphatic carbocycles. The lowest BCUT2D eigenvalue weighted by Gasteiger charge is -2.03. The van der Waals surface area contributed by atoms with Crippen molar-refractivity contribution in [2.75, 3.05) is 0 Å². The van der Waals surface area contributed by atoms with E-state index in [-0.39, 0.29) is 12.3 Å². The molecule has 0 unspecified atom stereocenters. The van der Waals surface area contributed by atoms with E-state index in [2.05, 4.69) is 5.16 Å². The van der Waals surface area contributed by atoms with Crippen molar-refractivity contribution in [2.24, 2.45) is 5.16 Å². The largest absolute Gasteiger partial charge is 0.391 e. The van der Waals surface area contributed by atoms with Crippen LogP contribution in [-0.2, 0) is 11.4 Å². The fourth-order valence-corrected chi connectivity index (χ4v) is 1.38. The Bertz CT molecular complexity index is 410. The van der Waals surface area contributed by atoms with E-state index in [4.69, 9.17) is 4.84 Å². The molecule has 0 aliphatic rings. The molecule has 0 aliphatic heterocycles. The third-order valence-electron chi connectivity index (χ3n) is 2.42. The van der Waals surface area contributed by atoms with Crippen molar-refractivity contribution in [3.8, 4) is 0 Å². The van der Waals surface area contributed by atoms with Crippen LogP contribution in [0.1, 0.15) is 32.3 Å². The Hall–Kier alpha value is -1.91. The summed E-state index contributed by atoms with van der Waals surface area (Å²) < 4.78 is 0. The van der Waals surface area contributed by atoms with Crippen molar-refractivity contribution in [1.29, 1.82) is 0 Å². The van der Waals surface area contributed by atoms with Crippen molar-refractivity contribution in [1.82, 2.24) is 0 Å². The smallest absolute Gasteiger partial charge is 0.276 e. The van der Waals surface area contributed by atoms with E-state index < -0.39 is 4.92 Å². The summed E-state index contributed by atoms with van der Waals surface area (Å²) in [5, 5.41) is 14.7. The lowest BCUT2D eigenvalue weighted by atomic mass is 10.2. The Morgan fingerprint density at radius 1 is 1.35 bits per heavy atom. The number of hydrogen-bond acceptors (Lipinski definition) is 4. The number of benzene rings is 1. The second-order valence-electron chi connectivity index (χ2n) is 3.52. The highest BCUT2D eigenvalue weighted by Gasteiger charge is 2.12. The first-order valence-corrected chi connectivity index (χ1v) is 5.59. The molecule has 5 heteroatoms. The Kier molecular flexibility index (Phi) is 5.13. The van der Waals surface area contributed by atoms with Crippen LogP contribution in [0.15, 0.2) is 29.4 Å². The Labute approximate surface area is 100 Å². The minimum Gasteiger partial charge on any atom is -0.391 e. The summed E-state index contributed by atoms with van der Waals surface area (Å²) >= 11 is 0. The zero-order valence-electron chi connectivity index (χ0n) is 10.0. The molecule has 1 aromatic carbocycles. The van der Waals surface area contributed by atoms with Crippen LogP contribution in [0.25, 0.3) is 0 Å². The van der Waals surface area contributed by atoms with E-state index in [0.29, 0.717) is 5.56 Å². The van der Waals surface area contributed by atoms with Gasteiger partial charge in [0.05, 0.1) is 16.2 Å². The Balaban J connectivity index is 2.69. The number of rotatable bonds is 6. The fourth-order valence-electron chi connectivity index (χ4n) is 1.38. The van der Waals surface area contributed by atoms with Crippen LogP contribution in [0.5, 0.6) is 0 Å². The van der Waals surface area contributed by atoms with Crippen molar-refractivity contribution < 1.29 is 9.76 Å². The maximum absolute atomic E-state index is 10.7. The van der Waals surface area contributed by atoms with Crippen LogP contribution in [0.2, 0.25) is 0 Å². The predicted octanol–water partition coefficient (Wildman–Crippen LogP) is 3.29. The van der Waals surface area contributed by atoms with Gasteiger partial charge in [-0.2, -0.15) is 0 Å². The molecular weight excluding hydrogens is 220 g/mol. The number of para-hydroxylation sites is 1. The average molecular weight is 236 g/mol. The number of oxime groups is 1. The van der Waals surface area contributed by atoms with Gasteiger partial charge in [0.2, 0.25) is 0 Å². The number of nitro groups is 1. The monoisotopic (exact) mass is 236 g/mol. The van der Waals surface area contributed by atoms with Gasteiger partial charge >= 0.3 is 0 Å². The fraction of sp³-hybridized carbons (Fsp3) is 0.417. The van der Waals surface area contributed by atoms with E-state index >= 15 is 0 Å². The van der Waals surface area contributed by atoms with Gasteiger partial charge in [0.25, 0.3) is 5.69 Å². The molecule has 0 saturated carbocycles. The van der Waals surface area contributed by atoms with Crippen LogP contribution in [0.4, 0.5) is 5.69 Å². The molecule has 0 aromatic heterocycles. The van der Waals surface area contributed by atoms with Crippen LogP contribution < -0.4 is 0 Å². The van der Waals surface area contributed by atoms with E-state index in [1.165, 1.54) is 6.07 Å². The second-order valence-corrected chi connectivity index (χ2v) is 3.52. The Morgan fingerprint density at radius 2 is 2.00 bits per heavy atom. The summed E-state index contributed by atoms with van der Waals surface area (Å²) in [6.07, 6.45) is 1.65. The van der Waals surface area contributed by atoms with Crippen LogP contribution >= 0.6 is 0 Å². The minimum absolute atomic E-state index is 0.0669. The number of nitro benzene ring substituents is 1. The maximum atomic E-state index is 10.7. The molecule has 0 N–H and O–H groups in total. The highest BCUT2D eigenvalue weighted by atomic mass is 16.6. The molecule has 1 aromatic rings. The Morgan fingerprint density at radius 3 is 2.59 bits per heavy atom. The first-order valence-electron chi connectivity index (χ1n) is 5.59. The summed E-state index contributed by atoms with van der Waals surface area (Å²) in [7, 11) is 0. The molecule has 1 rings (SSSR count). The van der Waals surface area contributed by atoms with E-state index in [1.54, 1.807) is 18.2 Å². The summed E-state index contributed by atoms with van der Waals surface area (Å²) in [5.74, 6) is 0. The first-order chi connectivity index (χ1) is 8.19. The van der Waals surface area contributed by atoms with E-state index in [0.717, 1.165) is 18.6 Å². The molecule has 0 heterocycles. The van der Waals surface area contributed by atoms with Gasteiger partial charge in [-0.1, -0.05) is 31.1 Å². The van der Waals surface area contributed by atoms with Crippen molar-refractivity contribution >= 4 is 11.4 Å². The number of nitrogens with zero attached hydrogens (tertiary/aromatic N) is 2. The molecule has 5 nitrogen and oxygen atoms in total. The molecule has 17 heavy (non-hydrogen) atoms. The van der Waals surface area contributed by atoms with Crippen LogP contribution in [-0.4, -0.2) is 10.6 Å². The van der Waals surface area contributed by atoms with Crippen LogP contribution in [0, 0.1) is 10.1 Å². The van der Waals surface area contributed by atoms with Crippen molar-refractivity contribution in [3.63, 3.8) is 0 Å². The molecule has 0 bridgehead atoms. The highest BCUT2D eigenvalue weighted by molar-refractivity contribution is 5.83. The molecule has 0 spiro atoms. The van der Waals surface area contributed by atoms with E-state index in [1.807, 2.05) is 13.8 Å². The van der Waals surface area contributed by atoms with Gasteiger partial charge in [-0.15, -0.1) is 0 Å². The maximum Gasteiger partial charge on any atom is 0.276 e. The summed E-state index contributed by atoms with van der Waals surface area (Å²) in [6.45, 7) is 4.12. The predicted molar refractivity (Wildman–Crippen MR) is 65.9 cm³/mol. The number of hydrogen-bond donors (Lipinski definition) is 0. The van der Waals surface area contributed by atoms with Gasteiger partial charge in [-0.25, -0.2) is 0 Å². The molecule has 0 radical (unpaired) electrons. The molecule has 0 atom stereocenters. The molecule has 0 amide bonds. The second kappa shape index (κ2) is 6.62. The molecule has 0 saturated heterocycles. The minimum atomic E-state index is -0.414. The van der Waals surface area contributed by atoms with Gasteiger partial charge in [-0.3, -0.25) is 10.1 Å².